The lowest BCUT2D eigenvalue weighted by atomic mass is 9.99. The summed E-state index contributed by atoms with van der Waals surface area (Å²) < 4.78 is 5.27. The zero-order valence-electron chi connectivity index (χ0n) is 8.76. The normalized spacial score (nSPS) is 31.8. The molecule has 0 radical (unpaired) electrons. The molecule has 0 aromatic heterocycles. The van der Waals surface area contributed by atoms with Crippen molar-refractivity contribution in [2.45, 2.75) is 45.2 Å². The Labute approximate surface area is 75.9 Å². The van der Waals surface area contributed by atoms with E-state index in [1.807, 2.05) is 0 Å². The van der Waals surface area contributed by atoms with E-state index in [9.17, 15) is 0 Å². The lowest BCUT2D eigenvalue weighted by Crippen LogP contribution is -2.48. The molecule has 0 N–H and O–H groups in total. The maximum atomic E-state index is 5.27. The number of methoxy groups -OCH3 is 1. The van der Waals surface area contributed by atoms with Crippen molar-refractivity contribution in [3.8, 4) is 0 Å². The largest absolute Gasteiger partial charge is 0.383 e. The molecule has 1 atom stereocenters. The summed E-state index contributed by atoms with van der Waals surface area (Å²) in [5.74, 6) is 0. The van der Waals surface area contributed by atoms with Gasteiger partial charge in [-0.2, -0.15) is 0 Å². The summed E-state index contributed by atoms with van der Waals surface area (Å²) in [4.78, 5) is 2.55. The van der Waals surface area contributed by atoms with Gasteiger partial charge in [0, 0.05) is 18.7 Å². The Morgan fingerprint density at radius 1 is 1.50 bits per heavy atom. The number of ether oxygens (including phenoxy) is 1. The number of rotatable bonds is 3. The van der Waals surface area contributed by atoms with Crippen molar-refractivity contribution in [2.75, 3.05) is 20.3 Å². The molecule has 0 saturated carbocycles. The van der Waals surface area contributed by atoms with Gasteiger partial charge in [-0.15, -0.1) is 0 Å². The van der Waals surface area contributed by atoms with Crippen LogP contribution in [0.3, 0.4) is 0 Å². The van der Waals surface area contributed by atoms with Gasteiger partial charge in [0.2, 0.25) is 0 Å². The highest BCUT2D eigenvalue weighted by Crippen LogP contribution is 2.30. The van der Waals surface area contributed by atoms with Crippen molar-refractivity contribution >= 4 is 0 Å². The van der Waals surface area contributed by atoms with Gasteiger partial charge < -0.3 is 4.74 Å². The van der Waals surface area contributed by atoms with Gasteiger partial charge >= 0.3 is 0 Å². The molecule has 12 heavy (non-hydrogen) atoms. The van der Waals surface area contributed by atoms with Crippen LogP contribution in [-0.2, 0) is 4.74 Å². The molecule has 0 bridgehead atoms. The quantitative estimate of drug-likeness (QED) is 0.643. The lowest BCUT2D eigenvalue weighted by molar-refractivity contribution is 0.0329. The van der Waals surface area contributed by atoms with Gasteiger partial charge in [-0.3, -0.25) is 4.90 Å². The molecule has 0 spiro atoms. The first-order chi connectivity index (χ1) is 5.60. The zero-order chi connectivity index (χ0) is 9.19. The van der Waals surface area contributed by atoms with E-state index in [1.54, 1.807) is 7.11 Å². The first-order valence-corrected chi connectivity index (χ1v) is 4.86. The summed E-state index contributed by atoms with van der Waals surface area (Å²) in [6.07, 6.45) is 2.59. The molecular formula is C10H21NO. The molecule has 0 aliphatic carbocycles. The van der Waals surface area contributed by atoms with Crippen molar-refractivity contribution in [3.63, 3.8) is 0 Å². The van der Waals surface area contributed by atoms with Crippen LogP contribution in [-0.4, -0.2) is 36.7 Å². The van der Waals surface area contributed by atoms with E-state index in [0.29, 0.717) is 11.6 Å². The maximum Gasteiger partial charge on any atom is 0.0644 e. The Bertz CT molecular complexity index is 147. The minimum absolute atomic E-state index is 0.295. The van der Waals surface area contributed by atoms with Crippen molar-refractivity contribution in [1.29, 1.82) is 0 Å². The van der Waals surface area contributed by atoms with Gasteiger partial charge in [-0.25, -0.2) is 0 Å². The van der Waals surface area contributed by atoms with Gasteiger partial charge in [0.1, 0.15) is 0 Å². The molecular weight excluding hydrogens is 150 g/mol. The average molecular weight is 171 g/mol. The molecule has 1 aliphatic heterocycles. The Balaban J connectivity index is 2.60. The molecule has 0 aromatic carbocycles. The second-order valence-electron chi connectivity index (χ2n) is 4.32. The van der Waals surface area contributed by atoms with Crippen LogP contribution in [0.1, 0.15) is 33.6 Å². The first-order valence-electron chi connectivity index (χ1n) is 4.86. The molecule has 0 amide bonds. The first kappa shape index (κ1) is 10.0. The van der Waals surface area contributed by atoms with E-state index < -0.39 is 0 Å². The van der Waals surface area contributed by atoms with Gasteiger partial charge in [-0.05, 0) is 40.2 Å². The van der Waals surface area contributed by atoms with Crippen LogP contribution in [0.5, 0.6) is 0 Å². The summed E-state index contributed by atoms with van der Waals surface area (Å²) >= 11 is 0. The van der Waals surface area contributed by atoms with E-state index >= 15 is 0 Å². The number of hydrogen-bond acceptors (Lipinski definition) is 2. The van der Waals surface area contributed by atoms with Crippen molar-refractivity contribution < 1.29 is 4.74 Å². The number of hydrogen-bond donors (Lipinski definition) is 0. The highest BCUT2D eigenvalue weighted by Gasteiger charge is 2.37. The highest BCUT2D eigenvalue weighted by molar-refractivity contribution is 4.93. The Hall–Kier alpha value is -0.0800. The predicted octanol–water partition coefficient (Wildman–Crippen LogP) is 1.90. The molecule has 1 saturated heterocycles. The molecule has 1 rings (SSSR count). The second-order valence-corrected chi connectivity index (χ2v) is 4.32. The average Bonchev–Trinajstić information content (AvgIpc) is 2.32. The fourth-order valence-electron chi connectivity index (χ4n) is 2.39. The second kappa shape index (κ2) is 3.75. The third kappa shape index (κ3) is 1.80. The van der Waals surface area contributed by atoms with Crippen LogP contribution >= 0.6 is 0 Å². The minimum atomic E-state index is 0.295. The van der Waals surface area contributed by atoms with Crippen LogP contribution < -0.4 is 0 Å². The summed E-state index contributed by atoms with van der Waals surface area (Å²) in [6, 6.07) is 0.646. The molecule has 2 heteroatoms. The standard InChI is InChI=1S/C10H21NO/c1-9(2)11-7-5-6-10(11,3)8-12-4/h9H,5-8H2,1-4H3. The maximum absolute atomic E-state index is 5.27. The molecule has 0 aromatic rings. The van der Waals surface area contributed by atoms with Crippen LogP contribution in [0.2, 0.25) is 0 Å². The number of nitrogens with zero attached hydrogens (tertiary/aromatic N) is 1. The minimum Gasteiger partial charge on any atom is -0.383 e. The molecule has 1 aliphatic rings. The van der Waals surface area contributed by atoms with Crippen LogP contribution in [0.15, 0.2) is 0 Å². The highest BCUT2D eigenvalue weighted by atomic mass is 16.5. The van der Waals surface area contributed by atoms with E-state index in [0.717, 1.165) is 6.61 Å². The predicted molar refractivity (Wildman–Crippen MR) is 51.4 cm³/mol. The molecule has 1 heterocycles. The van der Waals surface area contributed by atoms with E-state index in [1.165, 1.54) is 19.4 Å². The monoisotopic (exact) mass is 171 g/mol. The van der Waals surface area contributed by atoms with Crippen LogP contribution in [0.4, 0.5) is 0 Å². The van der Waals surface area contributed by atoms with E-state index in [2.05, 4.69) is 25.7 Å². The van der Waals surface area contributed by atoms with Crippen LogP contribution in [0, 0.1) is 0 Å². The molecule has 1 unspecified atom stereocenters. The Morgan fingerprint density at radius 3 is 2.67 bits per heavy atom. The lowest BCUT2D eigenvalue weighted by Gasteiger charge is -2.37. The molecule has 2 nitrogen and oxygen atoms in total. The SMILES string of the molecule is COCC1(C)CCCN1C(C)C. The summed E-state index contributed by atoms with van der Waals surface area (Å²) in [5.41, 5.74) is 0.295. The van der Waals surface area contributed by atoms with Gasteiger partial charge in [-0.1, -0.05) is 0 Å². The molecule has 1 fully saturated rings. The third-order valence-electron chi connectivity index (χ3n) is 2.89. The zero-order valence-corrected chi connectivity index (χ0v) is 8.76. The third-order valence-corrected chi connectivity index (χ3v) is 2.89. The van der Waals surface area contributed by atoms with Crippen LogP contribution in [0.25, 0.3) is 0 Å². The van der Waals surface area contributed by atoms with Gasteiger partial charge in [0.25, 0.3) is 0 Å². The smallest absolute Gasteiger partial charge is 0.0644 e. The Morgan fingerprint density at radius 2 is 2.17 bits per heavy atom. The van der Waals surface area contributed by atoms with E-state index in [-0.39, 0.29) is 0 Å². The van der Waals surface area contributed by atoms with E-state index in [4.69, 9.17) is 4.74 Å². The summed E-state index contributed by atoms with van der Waals surface area (Å²) in [5, 5.41) is 0. The molecule has 72 valence electrons. The van der Waals surface area contributed by atoms with Crippen molar-refractivity contribution in [2.24, 2.45) is 0 Å². The summed E-state index contributed by atoms with van der Waals surface area (Å²) in [6.45, 7) is 8.94. The fourth-order valence-corrected chi connectivity index (χ4v) is 2.39. The Kier molecular flexibility index (Phi) is 3.13. The number of likely N-dealkylation sites (tertiary alicyclic amines) is 1. The fraction of sp³-hybridized carbons (Fsp3) is 1.00. The van der Waals surface area contributed by atoms with Gasteiger partial charge in [0.05, 0.1) is 6.61 Å². The van der Waals surface area contributed by atoms with Gasteiger partial charge in [0.15, 0.2) is 0 Å². The van der Waals surface area contributed by atoms with Crippen molar-refractivity contribution in [1.82, 2.24) is 4.90 Å². The summed E-state index contributed by atoms with van der Waals surface area (Å²) in [7, 11) is 1.79. The van der Waals surface area contributed by atoms with Crippen molar-refractivity contribution in [3.05, 3.63) is 0 Å². The topological polar surface area (TPSA) is 12.5 Å².